The molecular weight excluding hydrogens is 244 g/mol. The Morgan fingerprint density at radius 3 is 2.79 bits per heavy atom. The van der Waals surface area contributed by atoms with E-state index < -0.39 is 0 Å². The third-order valence-electron chi connectivity index (χ3n) is 1.78. The van der Waals surface area contributed by atoms with Crippen molar-refractivity contribution in [2.24, 2.45) is 0 Å². The maximum atomic E-state index is 11.0. The second-order valence-corrected chi connectivity index (χ2v) is 3.83. The molecule has 14 heavy (non-hydrogen) atoms. The van der Waals surface area contributed by atoms with Crippen LogP contribution in [-0.2, 0) is 11.2 Å². The highest BCUT2D eigenvalue weighted by Gasteiger charge is 2.07. The van der Waals surface area contributed by atoms with E-state index in [4.69, 9.17) is 4.74 Å². The normalized spacial score (nSPS) is 9.93. The minimum atomic E-state index is 0.152. The number of ether oxygens (including phenoxy) is 1. The predicted octanol–water partition coefficient (Wildman–Crippen LogP) is 2.98. The molecular formula is C11H13BrO2. The molecule has 0 heterocycles. The van der Waals surface area contributed by atoms with E-state index in [0.717, 1.165) is 15.8 Å². The summed E-state index contributed by atoms with van der Waals surface area (Å²) in [6.45, 7) is 4.14. The van der Waals surface area contributed by atoms with Crippen LogP contribution in [0.5, 0.6) is 5.75 Å². The monoisotopic (exact) mass is 256 g/mol. The Morgan fingerprint density at radius 1 is 1.50 bits per heavy atom. The molecule has 0 N–H and O–H groups in total. The lowest BCUT2D eigenvalue weighted by atomic mass is 10.1. The average molecular weight is 257 g/mol. The maximum absolute atomic E-state index is 11.0. The molecule has 0 aliphatic rings. The van der Waals surface area contributed by atoms with Crippen molar-refractivity contribution in [2.45, 2.75) is 20.3 Å². The van der Waals surface area contributed by atoms with Gasteiger partial charge in [0.1, 0.15) is 11.5 Å². The summed E-state index contributed by atoms with van der Waals surface area (Å²) < 4.78 is 6.29. The molecule has 2 nitrogen and oxygen atoms in total. The first-order valence-corrected chi connectivity index (χ1v) is 5.34. The van der Waals surface area contributed by atoms with Gasteiger partial charge in [-0.3, -0.25) is 4.79 Å². The van der Waals surface area contributed by atoms with E-state index in [1.165, 1.54) is 0 Å². The molecule has 1 aromatic carbocycles. The van der Waals surface area contributed by atoms with Gasteiger partial charge in [0.2, 0.25) is 0 Å². The fraction of sp³-hybridized carbons (Fsp3) is 0.364. The van der Waals surface area contributed by atoms with Crippen LogP contribution in [0.1, 0.15) is 19.4 Å². The number of carbonyl (C=O) groups excluding carboxylic acids is 1. The fourth-order valence-electron chi connectivity index (χ4n) is 1.23. The number of carbonyl (C=O) groups is 1. The van der Waals surface area contributed by atoms with Crippen LogP contribution >= 0.6 is 15.9 Å². The number of rotatable bonds is 4. The molecule has 76 valence electrons. The molecule has 0 aliphatic carbocycles. The quantitative estimate of drug-likeness (QED) is 0.828. The molecule has 0 saturated carbocycles. The maximum Gasteiger partial charge on any atom is 0.134 e. The van der Waals surface area contributed by atoms with Crippen LogP contribution in [0.4, 0.5) is 0 Å². The number of ketones is 1. The van der Waals surface area contributed by atoms with Crippen molar-refractivity contribution in [2.75, 3.05) is 6.61 Å². The molecule has 3 heteroatoms. The van der Waals surface area contributed by atoms with Gasteiger partial charge in [0.25, 0.3) is 0 Å². The number of Topliss-reactive ketones (excluding diaryl/α,β-unsaturated/α-hetero) is 1. The molecule has 0 unspecified atom stereocenters. The van der Waals surface area contributed by atoms with Crippen LogP contribution < -0.4 is 4.74 Å². The lowest BCUT2D eigenvalue weighted by molar-refractivity contribution is -0.116. The van der Waals surface area contributed by atoms with Crippen molar-refractivity contribution in [1.82, 2.24) is 0 Å². The van der Waals surface area contributed by atoms with Crippen LogP contribution in [0.2, 0.25) is 0 Å². The van der Waals surface area contributed by atoms with Crippen molar-refractivity contribution in [1.29, 1.82) is 0 Å². The van der Waals surface area contributed by atoms with E-state index in [2.05, 4.69) is 15.9 Å². The van der Waals surface area contributed by atoms with Gasteiger partial charge in [-0.15, -0.1) is 0 Å². The molecule has 1 rings (SSSR count). The van der Waals surface area contributed by atoms with Crippen LogP contribution in [0.3, 0.4) is 0 Å². The van der Waals surface area contributed by atoms with E-state index in [1.807, 2.05) is 25.1 Å². The van der Waals surface area contributed by atoms with Crippen molar-refractivity contribution >= 4 is 21.7 Å². The Labute approximate surface area is 92.4 Å². The first kappa shape index (κ1) is 11.2. The Hall–Kier alpha value is -0.830. The van der Waals surface area contributed by atoms with Gasteiger partial charge in [0.15, 0.2) is 0 Å². The molecule has 0 spiro atoms. The zero-order chi connectivity index (χ0) is 10.6. The third-order valence-corrected chi connectivity index (χ3v) is 2.68. The van der Waals surface area contributed by atoms with E-state index in [9.17, 15) is 4.79 Å². The highest BCUT2D eigenvalue weighted by atomic mass is 79.9. The summed E-state index contributed by atoms with van der Waals surface area (Å²) in [4.78, 5) is 11.0. The van der Waals surface area contributed by atoms with Crippen molar-refractivity contribution in [3.8, 4) is 5.75 Å². The van der Waals surface area contributed by atoms with E-state index in [0.29, 0.717) is 13.0 Å². The first-order chi connectivity index (χ1) is 6.65. The molecule has 0 aromatic heterocycles. The molecule has 1 aromatic rings. The van der Waals surface area contributed by atoms with Gasteiger partial charge in [0.05, 0.1) is 11.1 Å². The Kier molecular flexibility index (Phi) is 4.14. The van der Waals surface area contributed by atoms with Crippen LogP contribution in [0, 0.1) is 0 Å². The van der Waals surface area contributed by atoms with Gasteiger partial charge in [0, 0.05) is 6.42 Å². The largest absolute Gasteiger partial charge is 0.493 e. The van der Waals surface area contributed by atoms with Crippen LogP contribution in [0.15, 0.2) is 22.7 Å². The van der Waals surface area contributed by atoms with Crippen LogP contribution in [-0.4, -0.2) is 12.4 Å². The molecule has 0 bridgehead atoms. The van der Waals surface area contributed by atoms with Gasteiger partial charge in [-0.05, 0) is 41.4 Å². The smallest absolute Gasteiger partial charge is 0.134 e. The summed E-state index contributed by atoms with van der Waals surface area (Å²) in [7, 11) is 0. The minimum Gasteiger partial charge on any atom is -0.493 e. The summed E-state index contributed by atoms with van der Waals surface area (Å²) in [6.07, 6.45) is 0.446. The number of hydrogen-bond donors (Lipinski definition) is 0. The lowest BCUT2D eigenvalue weighted by Crippen LogP contribution is -1.99. The minimum absolute atomic E-state index is 0.152. The molecule has 0 saturated heterocycles. The fourth-order valence-corrected chi connectivity index (χ4v) is 1.75. The van der Waals surface area contributed by atoms with Gasteiger partial charge < -0.3 is 4.74 Å². The summed E-state index contributed by atoms with van der Waals surface area (Å²) >= 11 is 3.43. The van der Waals surface area contributed by atoms with Gasteiger partial charge in [-0.25, -0.2) is 0 Å². The zero-order valence-electron chi connectivity index (χ0n) is 8.34. The molecule has 0 radical (unpaired) electrons. The second-order valence-electron chi connectivity index (χ2n) is 3.04. The topological polar surface area (TPSA) is 26.3 Å². The zero-order valence-corrected chi connectivity index (χ0v) is 9.93. The number of halogens is 1. The highest BCUT2D eigenvalue weighted by Crippen LogP contribution is 2.28. The molecule has 0 fully saturated rings. The Bertz CT molecular complexity index is 334. The highest BCUT2D eigenvalue weighted by molar-refractivity contribution is 9.10. The van der Waals surface area contributed by atoms with Crippen molar-refractivity contribution in [3.63, 3.8) is 0 Å². The SMILES string of the molecule is CCOc1cccc(CC(C)=O)c1Br. The van der Waals surface area contributed by atoms with E-state index in [1.54, 1.807) is 6.92 Å². The molecule has 0 aliphatic heterocycles. The predicted molar refractivity (Wildman–Crippen MR) is 59.7 cm³/mol. The van der Waals surface area contributed by atoms with Gasteiger partial charge in [-0.2, -0.15) is 0 Å². The van der Waals surface area contributed by atoms with E-state index >= 15 is 0 Å². The van der Waals surface area contributed by atoms with Crippen LogP contribution in [0.25, 0.3) is 0 Å². The number of benzene rings is 1. The van der Waals surface area contributed by atoms with E-state index in [-0.39, 0.29) is 5.78 Å². The third kappa shape index (κ3) is 2.84. The molecule has 0 amide bonds. The summed E-state index contributed by atoms with van der Waals surface area (Å²) in [5, 5.41) is 0. The lowest BCUT2D eigenvalue weighted by Gasteiger charge is -2.08. The Morgan fingerprint density at radius 2 is 2.21 bits per heavy atom. The summed E-state index contributed by atoms with van der Waals surface area (Å²) in [5.74, 6) is 0.950. The first-order valence-electron chi connectivity index (χ1n) is 4.54. The summed E-state index contributed by atoms with van der Waals surface area (Å²) in [5.41, 5.74) is 0.975. The Balaban J connectivity index is 2.94. The van der Waals surface area contributed by atoms with Crippen molar-refractivity contribution < 1.29 is 9.53 Å². The average Bonchev–Trinajstić information content (AvgIpc) is 2.11. The standard InChI is InChI=1S/C11H13BrO2/c1-3-14-10-6-4-5-9(11(10)12)7-8(2)13/h4-6H,3,7H2,1-2H3. The second kappa shape index (κ2) is 5.15. The van der Waals surface area contributed by atoms with Gasteiger partial charge in [-0.1, -0.05) is 12.1 Å². The molecule has 0 atom stereocenters. The van der Waals surface area contributed by atoms with Gasteiger partial charge >= 0.3 is 0 Å². The summed E-state index contributed by atoms with van der Waals surface area (Å²) in [6, 6.07) is 5.71. The van der Waals surface area contributed by atoms with Crippen molar-refractivity contribution in [3.05, 3.63) is 28.2 Å². The number of hydrogen-bond acceptors (Lipinski definition) is 2.